The largest absolute Gasteiger partial charge is 0.399 e. The van der Waals surface area contributed by atoms with Gasteiger partial charge in [-0.15, -0.1) is 0 Å². The first-order valence-corrected chi connectivity index (χ1v) is 8.39. The monoisotopic (exact) mass is 300 g/mol. The third kappa shape index (κ3) is 2.67. The molecule has 0 bridgehead atoms. The van der Waals surface area contributed by atoms with Crippen molar-refractivity contribution in [3.63, 3.8) is 0 Å². The number of hydrogen-bond donors (Lipinski definition) is 1. The summed E-state index contributed by atoms with van der Waals surface area (Å²) in [5.74, 6) is -0.578. The fraction of sp³-hybridized carbons (Fsp3) is 0.571. The molecular weight excluding hydrogens is 279 g/mol. The second-order valence-electron chi connectivity index (χ2n) is 5.27. The standard InChI is InChI=1S/C14H21FN2O2S/c1-3-17(12-6-4-5-7-12)20(18,19)14-9-11(16)8-13(15)10(14)2/h8-9,12H,3-7,16H2,1-2H3. The van der Waals surface area contributed by atoms with Gasteiger partial charge in [0.25, 0.3) is 0 Å². The Morgan fingerprint density at radius 3 is 2.50 bits per heavy atom. The lowest BCUT2D eigenvalue weighted by Crippen LogP contribution is -2.39. The Kier molecular flexibility index (Phi) is 4.34. The fourth-order valence-corrected chi connectivity index (χ4v) is 4.85. The van der Waals surface area contributed by atoms with Crippen molar-refractivity contribution in [1.29, 1.82) is 0 Å². The predicted molar refractivity (Wildman–Crippen MR) is 77.4 cm³/mol. The van der Waals surface area contributed by atoms with Gasteiger partial charge in [0.15, 0.2) is 0 Å². The molecule has 4 nitrogen and oxygen atoms in total. The van der Waals surface area contributed by atoms with E-state index < -0.39 is 15.8 Å². The van der Waals surface area contributed by atoms with Crippen LogP contribution in [0.4, 0.5) is 10.1 Å². The molecule has 1 fully saturated rings. The first kappa shape index (κ1) is 15.3. The van der Waals surface area contributed by atoms with Gasteiger partial charge in [-0.25, -0.2) is 12.8 Å². The van der Waals surface area contributed by atoms with Crippen LogP contribution in [0.15, 0.2) is 17.0 Å². The molecule has 1 aliphatic carbocycles. The van der Waals surface area contributed by atoms with E-state index in [-0.39, 0.29) is 22.2 Å². The molecule has 0 unspecified atom stereocenters. The summed E-state index contributed by atoms with van der Waals surface area (Å²) in [6.07, 6.45) is 3.83. The molecule has 0 saturated heterocycles. The predicted octanol–water partition coefficient (Wildman–Crippen LogP) is 2.67. The second-order valence-corrected chi connectivity index (χ2v) is 7.13. The highest BCUT2D eigenvalue weighted by Gasteiger charge is 2.33. The molecule has 0 aromatic heterocycles. The molecule has 1 saturated carbocycles. The number of sulfonamides is 1. The van der Waals surface area contributed by atoms with Crippen LogP contribution in [-0.4, -0.2) is 25.3 Å². The van der Waals surface area contributed by atoms with E-state index in [0.29, 0.717) is 6.54 Å². The van der Waals surface area contributed by atoms with Gasteiger partial charge in [-0.05, 0) is 31.9 Å². The zero-order chi connectivity index (χ0) is 14.9. The highest BCUT2D eigenvalue weighted by molar-refractivity contribution is 7.89. The molecular formula is C14H21FN2O2S. The van der Waals surface area contributed by atoms with E-state index in [1.165, 1.54) is 17.3 Å². The van der Waals surface area contributed by atoms with Crippen LogP contribution in [0.5, 0.6) is 0 Å². The van der Waals surface area contributed by atoms with Crippen molar-refractivity contribution < 1.29 is 12.8 Å². The molecule has 20 heavy (non-hydrogen) atoms. The molecule has 0 radical (unpaired) electrons. The van der Waals surface area contributed by atoms with E-state index in [0.717, 1.165) is 31.7 Å². The van der Waals surface area contributed by atoms with Gasteiger partial charge in [-0.1, -0.05) is 19.8 Å². The third-order valence-electron chi connectivity index (χ3n) is 3.95. The number of nitrogens with two attached hydrogens (primary N) is 1. The van der Waals surface area contributed by atoms with E-state index in [9.17, 15) is 12.8 Å². The van der Waals surface area contributed by atoms with E-state index in [1.807, 2.05) is 6.92 Å². The average molecular weight is 300 g/mol. The van der Waals surface area contributed by atoms with Gasteiger partial charge in [0.05, 0.1) is 4.90 Å². The Hall–Kier alpha value is -1.14. The van der Waals surface area contributed by atoms with Crippen molar-refractivity contribution in [2.45, 2.75) is 50.5 Å². The minimum Gasteiger partial charge on any atom is -0.399 e. The minimum absolute atomic E-state index is 0.0104. The minimum atomic E-state index is -3.70. The van der Waals surface area contributed by atoms with Crippen LogP contribution in [-0.2, 0) is 10.0 Å². The van der Waals surface area contributed by atoms with Crippen LogP contribution in [0.3, 0.4) is 0 Å². The molecule has 0 aliphatic heterocycles. The van der Waals surface area contributed by atoms with Gasteiger partial charge < -0.3 is 5.73 Å². The second kappa shape index (κ2) is 5.69. The van der Waals surface area contributed by atoms with E-state index in [4.69, 9.17) is 5.73 Å². The molecule has 1 aromatic rings. The summed E-state index contributed by atoms with van der Waals surface area (Å²) in [7, 11) is -3.70. The SMILES string of the molecule is CCN(C1CCCC1)S(=O)(=O)c1cc(N)cc(F)c1C. The zero-order valence-corrected chi connectivity index (χ0v) is 12.7. The normalized spacial score (nSPS) is 17.0. The molecule has 2 N–H and O–H groups in total. The average Bonchev–Trinajstić information content (AvgIpc) is 2.87. The number of hydrogen-bond acceptors (Lipinski definition) is 3. The summed E-state index contributed by atoms with van der Waals surface area (Å²) in [6, 6.07) is 2.53. The van der Waals surface area contributed by atoms with Crippen molar-refractivity contribution in [3.8, 4) is 0 Å². The molecule has 0 atom stereocenters. The summed E-state index contributed by atoms with van der Waals surface area (Å²) in [6.45, 7) is 3.68. The number of benzene rings is 1. The van der Waals surface area contributed by atoms with Crippen LogP contribution >= 0.6 is 0 Å². The quantitative estimate of drug-likeness (QED) is 0.870. The molecule has 0 amide bonds. The van der Waals surface area contributed by atoms with Gasteiger partial charge in [0.1, 0.15) is 5.82 Å². The Bertz CT molecular complexity index is 595. The van der Waals surface area contributed by atoms with Crippen LogP contribution in [0.1, 0.15) is 38.2 Å². The molecule has 112 valence electrons. The van der Waals surface area contributed by atoms with Crippen LogP contribution < -0.4 is 5.73 Å². The van der Waals surface area contributed by atoms with E-state index in [2.05, 4.69) is 0 Å². The first-order valence-electron chi connectivity index (χ1n) is 6.95. The fourth-order valence-electron chi connectivity index (χ4n) is 2.88. The number of nitrogens with zero attached hydrogens (tertiary/aromatic N) is 1. The summed E-state index contributed by atoms with van der Waals surface area (Å²) >= 11 is 0. The molecule has 1 aliphatic rings. The lowest BCUT2D eigenvalue weighted by atomic mass is 10.2. The molecule has 0 spiro atoms. The van der Waals surface area contributed by atoms with Crippen LogP contribution in [0.2, 0.25) is 0 Å². The summed E-state index contributed by atoms with van der Waals surface area (Å²) in [4.78, 5) is -0.0104. The number of anilines is 1. The molecule has 0 heterocycles. The summed E-state index contributed by atoms with van der Waals surface area (Å²) < 4.78 is 40.8. The topological polar surface area (TPSA) is 63.4 Å². The Morgan fingerprint density at radius 1 is 1.35 bits per heavy atom. The van der Waals surface area contributed by atoms with Gasteiger partial charge in [0, 0.05) is 23.8 Å². The summed E-state index contributed by atoms with van der Waals surface area (Å²) in [5.41, 5.74) is 5.87. The number of nitrogen functional groups attached to an aromatic ring is 1. The lowest BCUT2D eigenvalue weighted by Gasteiger charge is -2.27. The van der Waals surface area contributed by atoms with Gasteiger partial charge >= 0.3 is 0 Å². The smallest absolute Gasteiger partial charge is 0.243 e. The van der Waals surface area contributed by atoms with Gasteiger partial charge in [0.2, 0.25) is 10.0 Å². The summed E-state index contributed by atoms with van der Waals surface area (Å²) in [5, 5.41) is 0. The number of halogens is 1. The molecule has 1 aromatic carbocycles. The maximum atomic E-state index is 13.8. The maximum Gasteiger partial charge on any atom is 0.243 e. The van der Waals surface area contributed by atoms with Gasteiger partial charge in [-0.2, -0.15) is 4.31 Å². The Balaban J connectivity index is 2.48. The molecule has 2 rings (SSSR count). The Morgan fingerprint density at radius 2 is 1.95 bits per heavy atom. The first-order chi connectivity index (χ1) is 9.37. The highest BCUT2D eigenvalue weighted by atomic mass is 32.2. The number of rotatable bonds is 4. The highest BCUT2D eigenvalue weighted by Crippen LogP contribution is 2.31. The van der Waals surface area contributed by atoms with Crippen molar-refractivity contribution in [2.24, 2.45) is 0 Å². The Labute approximate surface area is 119 Å². The van der Waals surface area contributed by atoms with Crippen LogP contribution in [0, 0.1) is 12.7 Å². The lowest BCUT2D eigenvalue weighted by molar-refractivity contribution is 0.335. The van der Waals surface area contributed by atoms with E-state index in [1.54, 1.807) is 0 Å². The van der Waals surface area contributed by atoms with Crippen molar-refractivity contribution in [1.82, 2.24) is 4.31 Å². The van der Waals surface area contributed by atoms with E-state index >= 15 is 0 Å². The molecule has 6 heteroatoms. The van der Waals surface area contributed by atoms with Gasteiger partial charge in [-0.3, -0.25) is 0 Å². The van der Waals surface area contributed by atoms with Crippen LogP contribution in [0.25, 0.3) is 0 Å². The van der Waals surface area contributed by atoms with Crippen molar-refractivity contribution in [2.75, 3.05) is 12.3 Å². The van der Waals surface area contributed by atoms with Crippen molar-refractivity contribution >= 4 is 15.7 Å². The zero-order valence-electron chi connectivity index (χ0n) is 11.9. The third-order valence-corrected chi connectivity index (χ3v) is 6.10. The maximum absolute atomic E-state index is 13.8. The van der Waals surface area contributed by atoms with Crippen molar-refractivity contribution in [3.05, 3.63) is 23.5 Å².